The lowest BCUT2D eigenvalue weighted by atomic mass is 10.0. The molecule has 4 nitrogen and oxygen atoms in total. The number of likely N-dealkylation sites (tertiary alicyclic amines) is 1. The molecule has 5 heteroatoms. The first kappa shape index (κ1) is 19.8. The summed E-state index contributed by atoms with van der Waals surface area (Å²) in [5.41, 5.74) is 1.40. The second-order valence-corrected chi connectivity index (χ2v) is 8.01. The van der Waals surface area contributed by atoms with Gasteiger partial charge in [-0.25, -0.2) is 0 Å². The normalized spacial score (nSPS) is 16.3. The molecule has 0 bridgehead atoms. The minimum atomic E-state index is 0.505. The van der Waals surface area contributed by atoms with Crippen LogP contribution < -0.4 is 10.6 Å². The molecule has 2 aromatic rings. The Morgan fingerprint density at radius 3 is 2.37 bits per heavy atom. The van der Waals surface area contributed by atoms with Gasteiger partial charge in [-0.1, -0.05) is 48.5 Å². The number of guanidine groups is 1. The van der Waals surface area contributed by atoms with Gasteiger partial charge in [-0.05, 0) is 30.5 Å². The molecule has 0 spiro atoms. The van der Waals surface area contributed by atoms with Crippen LogP contribution >= 0.6 is 11.8 Å². The van der Waals surface area contributed by atoms with Crippen LogP contribution in [0.5, 0.6) is 0 Å². The maximum Gasteiger partial charge on any atom is 0.191 e. The van der Waals surface area contributed by atoms with E-state index in [9.17, 15) is 0 Å². The molecule has 144 valence electrons. The second-order valence-electron chi connectivity index (χ2n) is 6.84. The molecule has 1 fully saturated rings. The number of benzene rings is 2. The molecule has 1 saturated heterocycles. The summed E-state index contributed by atoms with van der Waals surface area (Å²) in [7, 11) is 1.85. The zero-order valence-corrected chi connectivity index (χ0v) is 16.9. The number of hydrogen-bond donors (Lipinski definition) is 2. The third-order valence-electron chi connectivity index (χ3n) is 4.81. The summed E-state index contributed by atoms with van der Waals surface area (Å²) in [6, 6.07) is 21.8. The number of nitrogens with one attached hydrogen (secondary N) is 2. The van der Waals surface area contributed by atoms with Crippen molar-refractivity contribution in [2.24, 2.45) is 4.99 Å². The fourth-order valence-electron chi connectivity index (χ4n) is 3.32. The fourth-order valence-corrected chi connectivity index (χ4v) is 4.11. The Balaban J connectivity index is 1.33. The molecule has 0 radical (unpaired) electrons. The Morgan fingerprint density at radius 2 is 1.70 bits per heavy atom. The third kappa shape index (κ3) is 6.92. The molecule has 1 heterocycles. The molecule has 0 amide bonds. The largest absolute Gasteiger partial charge is 0.356 e. The predicted molar refractivity (Wildman–Crippen MR) is 116 cm³/mol. The van der Waals surface area contributed by atoms with Crippen LogP contribution in [-0.2, 0) is 6.54 Å². The van der Waals surface area contributed by atoms with Crippen LogP contribution in [0.25, 0.3) is 0 Å². The van der Waals surface area contributed by atoms with Gasteiger partial charge >= 0.3 is 0 Å². The molecular formula is C22H30N4S. The topological polar surface area (TPSA) is 39.7 Å². The van der Waals surface area contributed by atoms with E-state index >= 15 is 0 Å². The van der Waals surface area contributed by atoms with Crippen LogP contribution in [0.4, 0.5) is 0 Å². The number of hydrogen-bond acceptors (Lipinski definition) is 3. The molecule has 1 aliphatic rings. The number of rotatable bonds is 7. The van der Waals surface area contributed by atoms with Crippen molar-refractivity contribution in [2.45, 2.75) is 30.3 Å². The minimum Gasteiger partial charge on any atom is -0.356 e. The summed E-state index contributed by atoms with van der Waals surface area (Å²) in [5.74, 6) is 1.95. The van der Waals surface area contributed by atoms with Crippen LogP contribution in [0.2, 0.25) is 0 Å². The van der Waals surface area contributed by atoms with E-state index in [1.165, 1.54) is 10.5 Å². The first-order valence-corrected chi connectivity index (χ1v) is 10.7. The Kier molecular flexibility index (Phi) is 8.05. The lowest BCUT2D eigenvalue weighted by molar-refractivity contribution is 0.198. The van der Waals surface area contributed by atoms with Crippen molar-refractivity contribution in [3.05, 3.63) is 66.2 Å². The first-order chi connectivity index (χ1) is 13.3. The molecule has 2 aromatic carbocycles. The van der Waals surface area contributed by atoms with Gasteiger partial charge in [-0.15, -0.1) is 11.8 Å². The fraction of sp³-hybridized carbons (Fsp3) is 0.409. The van der Waals surface area contributed by atoms with Gasteiger partial charge in [0, 0.05) is 49.9 Å². The molecule has 0 aromatic heterocycles. The zero-order chi connectivity index (χ0) is 18.7. The molecule has 27 heavy (non-hydrogen) atoms. The van der Waals surface area contributed by atoms with Gasteiger partial charge in [0.15, 0.2) is 5.96 Å². The van der Waals surface area contributed by atoms with Gasteiger partial charge in [0.1, 0.15) is 0 Å². The van der Waals surface area contributed by atoms with E-state index in [0.29, 0.717) is 6.04 Å². The lowest BCUT2D eigenvalue weighted by Crippen LogP contribution is -2.48. The standard InChI is InChI=1S/C22H30N4S/c1-23-22(24-14-17-27-21-10-6-3-7-11-21)25-20-12-15-26(16-13-20)18-19-8-4-2-5-9-19/h2-11,20H,12-18H2,1H3,(H2,23,24,25). The molecule has 1 aliphatic heterocycles. The summed E-state index contributed by atoms with van der Waals surface area (Å²) in [6.45, 7) is 4.23. The number of aliphatic imine (C=N–C) groups is 1. The van der Waals surface area contributed by atoms with E-state index < -0.39 is 0 Å². The van der Waals surface area contributed by atoms with Crippen LogP contribution in [0, 0.1) is 0 Å². The predicted octanol–water partition coefficient (Wildman–Crippen LogP) is 3.61. The molecule has 0 aliphatic carbocycles. The van der Waals surface area contributed by atoms with Gasteiger partial charge in [0.05, 0.1) is 0 Å². The smallest absolute Gasteiger partial charge is 0.191 e. The summed E-state index contributed by atoms with van der Waals surface area (Å²) < 4.78 is 0. The summed E-state index contributed by atoms with van der Waals surface area (Å²) in [4.78, 5) is 8.24. The van der Waals surface area contributed by atoms with Gasteiger partial charge in [0.2, 0.25) is 0 Å². The highest BCUT2D eigenvalue weighted by Crippen LogP contribution is 2.16. The summed E-state index contributed by atoms with van der Waals surface area (Å²) in [5, 5.41) is 7.03. The summed E-state index contributed by atoms with van der Waals surface area (Å²) >= 11 is 1.87. The molecular weight excluding hydrogens is 352 g/mol. The van der Waals surface area contributed by atoms with Crippen LogP contribution in [0.15, 0.2) is 70.6 Å². The number of nitrogens with zero attached hydrogens (tertiary/aromatic N) is 2. The highest BCUT2D eigenvalue weighted by molar-refractivity contribution is 7.99. The molecule has 0 unspecified atom stereocenters. The zero-order valence-electron chi connectivity index (χ0n) is 16.1. The van der Waals surface area contributed by atoms with Crippen molar-refractivity contribution < 1.29 is 0 Å². The molecule has 2 N–H and O–H groups in total. The average Bonchev–Trinajstić information content (AvgIpc) is 2.73. The Morgan fingerprint density at radius 1 is 1.04 bits per heavy atom. The van der Waals surface area contributed by atoms with E-state index in [1.54, 1.807) is 0 Å². The van der Waals surface area contributed by atoms with Gasteiger partial charge in [-0.3, -0.25) is 9.89 Å². The Labute approximate surface area is 167 Å². The van der Waals surface area contributed by atoms with Gasteiger partial charge in [0.25, 0.3) is 0 Å². The van der Waals surface area contributed by atoms with Crippen LogP contribution in [0.1, 0.15) is 18.4 Å². The third-order valence-corrected chi connectivity index (χ3v) is 5.82. The SMILES string of the molecule is CN=C(NCCSc1ccccc1)NC1CCN(Cc2ccccc2)CC1. The monoisotopic (exact) mass is 382 g/mol. The maximum atomic E-state index is 4.39. The van der Waals surface area contributed by atoms with E-state index in [1.807, 2.05) is 18.8 Å². The van der Waals surface area contributed by atoms with Crippen molar-refractivity contribution in [3.63, 3.8) is 0 Å². The van der Waals surface area contributed by atoms with E-state index in [0.717, 1.165) is 50.7 Å². The minimum absolute atomic E-state index is 0.505. The maximum absolute atomic E-state index is 4.39. The van der Waals surface area contributed by atoms with E-state index in [2.05, 4.69) is 81.2 Å². The van der Waals surface area contributed by atoms with Crippen molar-refractivity contribution in [3.8, 4) is 0 Å². The molecule has 3 rings (SSSR count). The average molecular weight is 383 g/mol. The van der Waals surface area contributed by atoms with Crippen molar-refractivity contribution in [1.82, 2.24) is 15.5 Å². The molecule has 0 saturated carbocycles. The highest BCUT2D eigenvalue weighted by atomic mass is 32.2. The van der Waals surface area contributed by atoms with Gasteiger partial charge < -0.3 is 10.6 Å². The van der Waals surface area contributed by atoms with Crippen molar-refractivity contribution in [2.75, 3.05) is 32.4 Å². The number of piperidine rings is 1. The van der Waals surface area contributed by atoms with E-state index in [-0.39, 0.29) is 0 Å². The van der Waals surface area contributed by atoms with Gasteiger partial charge in [-0.2, -0.15) is 0 Å². The van der Waals surface area contributed by atoms with Crippen LogP contribution in [-0.4, -0.2) is 49.3 Å². The quantitative estimate of drug-likeness (QED) is 0.332. The van der Waals surface area contributed by atoms with Crippen molar-refractivity contribution >= 4 is 17.7 Å². The van der Waals surface area contributed by atoms with E-state index in [4.69, 9.17) is 0 Å². The summed E-state index contributed by atoms with van der Waals surface area (Å²) in [6.07, 6.45) is 2.32. The Hall–Kier alpha value is -1.98. The van der Waals surface area contributed by atoms with Crippen LogP contribution in [0.3, 0.4) is 0 Å². The first-order valence-electron chi connectivity index (χ1n) is 9.75. The Bertz CT molecular complexity index is 682. The highest BCUT2D eigenvalue weighted by Gasteiger charge is 2.19. The lowest BCUT2D eigenvalue weighted by Gasteiger charge is -2.33. The molecule has 0 atom stereocenters. The van der Waals surface area contributed by atoms with Crippen molar-refractivity contribution in [1.29, 1.82) is 0 Å². The number of thioether (sulfide) groups is 1. The second kappa shape index (κ2) is 11.0.